The Hall–Kier alpha value is -2.02. The van der Waals surface area contributed by atoms with E-state index in [-0.39, 0.29) is 6.42 Å². The van der Waals surface area contributed by atoms with Crippen molar-refractivity contribution >= 4 is 5.97 Å². The molecule has 15 heavy (non-hydrogen) atoms. The van der Waals surface area contributed by atoms with Crippen molar-refractivity contribution in [1.29, 1.82) is 5.26 Å². The van der Waals surface area contributed by atoms with E-state index in [2.05, 4.69) is 0 Å². The van der Waals surface area contributed by atoms with Crippen LogP contribution in [-0.2, 0) is 11.2 Å². The number of nitriles is 1. The first-order chi connectivity index (χ1) is 7.10. The summed E-state index contributed by atoms with van der Waals surface area (Å²) in [7, 11) is 1.51. The van der Waals surface area contributed by atoms with Crippen LogP contribution in [0.4, 0.5) is 0 Å². The number of hydrogen-bond donors (Lipinski definition) is 1. The second-order valence-electron chi connectivity index (χ2n) is 3.10. The van der Waals surface area contributed by atoms with E-state index in [1.54, 1.807) is 19.1 Å². The Kier molecular flexibility index (Phi) is 3.29. The van der Waals surface area contributed by atoms with E-state index in [1.807, 2.05) is 6.07 Å². The zero-order valence-electron chi connectivity index (χ0n) is 8.57. The van der Waals surface area contributed by atoms with Crippen LogP contribution >= 0.6 is 0 Å². The molecule has 1 rings (SSSR count). The fourth-order valence-corrected chi connectivity index (χ4v) is 1.44. The molecule has 0 aliphatic rings. The summed E-state index contributed by atoms with van der Waals surface area (Å²) in [6.45, 7) is 1.75. The minimum absolute atomic E-state index is 0.161. The normalized spacial score (nSPS) is 9.40. The highest BCUT2D eigenvalue weighted by Gasteiger charge is 2.13. The Morgan fingerprint density at radius 3 is 2.73 bits per heavy atom. The van der Waals surface area contributed by atoms with Crippen LogP contribution in [0.5, 0.6) is 5.75 Å². The number of nitrogens with zero attached hydrogens (tertiary/aromatic N) is 1. The Morgan fingerprint density at radius 2 is 2.27 bits per heavy atom. The number of carbonyl (C=O) groups is 1. The zero-order chi connectivity index (χ0) is 11.4. The van der Waals surface area contributed by atoms with Crippen LogP contribution in [0.1, 0.15) is 16.7 Å². The minimum Gasteiger partial charge on any atom is -0.496 e. The van der Waals surface area contributed by atoms with Gasteiger partial charge in [-0.1, -0.05) is 0 Å². The molecule has 1 N–H and O–H groups in total. The Balaban J connectivity index is 3.30. The molecule has 0 fully saturated rings. The van der Waals surface area contributed by atoms with Gasteiger partial charge >= 0.3 is 5.97 Å². The summed E-state index contributed by atoms with van der Waals surface area (Å²) >= 11 is 0. The fourth-order valence-electron chi connectivity index (χ4n) is 1.44. The molecule has 0 saturated heterocycles. The van der Waals surface area contributed by atoms with Gasteiger partial charge in [0.15, 0.2) is 0 Å². The van der Waals surface area contributed by atoms with Gasteiger partial charge in [-0.2, -0.15) is 5.26 Å². The van der Waals surface area contributed by atoms with Gasteiger partial charge in [0, 0.05) is 0 Å². The number of carboxylic acid groups (broad SMARTS) is 1. The largest absolute Gasteiger partial charge is 0.496 e. The Labute approximate surface area is 87.7 Å². The molecule has 0 bridgehead atoms. The number of hydrogen-bond acceptors (Lipinski definition) is 3. The molecule has 78 valence electrons. The number of aliphatic carboxylic acids is 1. The Morgan fingerprint density at radius 1 is 1.60 bits per heavy atom. The summed E-state index contributed by atoms with van der Waals surface area (Å²) in [6.07, 6.45) is -0.161. The molecule has 0 unspecified atom stereocenters. The van der Waals surface area contributed by atoms with Gasteiger partial charge in [-0.3, -0.25) is 4.79 Å². The van der Waals surface area contributed by atoms with E-state index in [0.717, 1.165) is 0 Å². The molecule has 0 aliphatic carbocycles. The quantitative estimate of drug-likeness (QED) is 0.811. The highest BCUT2D eigenvalue weighted by atomic mass is 16.5. The number of carboxylic acids is 1. The molecule has 0 radical (unpaired) electrons. The molecule has 0 aromatic heterocycles. The maximum atomic E-state index is 10.6. The highest BCUT2D eigenvalue weighted by Crippen LogP contribution is 2.24. The number of ether oxygens (including phenoxy) is 1. The summed E-state index contributed by atoms with van der Waals surface area (Å²) in [4.78, 5) is 10.6. The average Bonchev–Trinajstić information content (AvgIpc) is 2.20. The molecule has 0 aliphatic heterocycles. The van der Waals surface area contributed by atoms with E-state index in [1.165, 1.54) is 7.11 Å². The molecule has 0 heterocycles. The summed E-state index contributed by atoms with van der Waals surface area (Å²) in [5.41, 5.74) is 1.61. The third kappa shape index (κ3) is 2.26. The van der Waals surface area contributed by atoms with Gasteiger partial charge in [0.05, 0.1) is 25.2 Å². The van der Waals surface area contributed by atoms with Crippen LogP contribution in [0.2, 0.25) is 0 Å². The van der Waals surface area contributed by atoms with E-state index < -0.39 is 5.97 Å². The van der Waals surface area contributed by atoms with Crippen LogP contribution < -0.4 is 4.74 Å². The fraction of sp³-hybridized carbons (Fsp3) is 0.273. The van der Waals surface area contributed by atoms with Crippen molar-refractivity contribution in [3.8, 4) is 11.8 Å². The van der Waals surface area contributed by atoms with Gasteiger partial charge in [0.1, 0.15) is 5.75 Å². The predicted octanol–water partition coefficient (Wildman–Crippen LogP) is 1.50. The molecule has 0 atom stereocenters. The summed E-state index contributed by atoms with van der Waals surface area (Å²) in [6, 6.07) is 5.21. The number of benzene rings is 1. The lowest BCUT2D eigenvalue weighted by atomic mass is 9.99. The first kappa shape index (κ1) is 11.1. The summed E-state index contributed by atoms with van der Waals surface area (Å²) in [5.74, 6) is -0.354. The van der Waals surface area contributed by atoms with Crippen molar-refractivity contribution in [3.05, 3.63) is 28.8 Å². The number of rotatable bonds is 3. The van der Waals surface area contributed by atoms with Crippen molar-refractivity contribution < 1.29 is 14.6 Å². The minimum atomic E-state index is -0.956. The lowest BCUT2D eigenvalue weighted by Crippen LogP contribution is -2.05. The van der Waals surface area contributed by atoms with Crippen LogP contribution in [0.3, 0.4) is 0 Å². The van der Waals surface area contributed by atoms with E-state index in [4.69, 9.17) is 15.1 Å². The van der Waals surface area contributed by atoms with E-state index in [9.17, 15) is 4.79 Å². The Bertz CT molecular complexity index is 432. The van der Waals surface area contributed by atoms with Crippen molar-refractivity contribution in [1.82, 2.24) is 0 Å². The van der Waals surface area contributed by atoms with Crippen LogP contribution in [0, 0.1) is 18.3 Å². The van der Waals surface area contributed by atoms with Gasteiger partial charge in [-0.25, -0.2) is 0 Å². The predicted molar refractivity (Wildman–Crippen MR) is 53.8 cm³/mol. The van der Waals surface area contributed by atoms with Gasteiger partial charge in [0.2, 0.25) is 0 Å². The van der Waals surface area contributed by atoms with Gasteiger partial charge in [-0.05, 0) is 30.2 Å². The lowest BCUT2D eigenvalue weighted by molar-refractivity contribution is -0.136. The van der Waals surface area contributed by atoms with Gasteiger partial charge in [-0.15, -0.1) is 0 Å². The monoisotopic (exact) mass is 205 g/mol. The van der Waals surface area contributed by atoms with E-state index >= 15 is 0 Å². The third-order valence-electron chi connectivity index (χ3n) is 2.22. The second kappa shape index (κ2) is 4.47. The maximum Gasteiger partial charge on any atom is 0.307 e. The van der Waals surface area contributed by atoms with Crippen LogP contribution in [0.15, 0.2) is 12.1 Å². The molecule has 4 heteroatoms. The van der Waals surface area contributed by atoms with Crippen molar-refractivity contribution in [2.24, 2.45) is 0 Å². The number of methoxy groups -OCH3 is 1. The molecule has 0 saturated carbocycles. The highest BCUT2D eigenvalue weighted by molar-refractivity contribution is 5.72. The molecule has 1 aromatic carbocycles. The standard InChI is InChI=1S/C11H11NO3/c1-7-9(5-11(13)14)8(6-12)3-4-10(7)15-2/h3-4H,5H2,1-2H3,(H,13,14). The molecule has 0 spiro atoms. The maximum absolute atomic E-state index is 10.6. The molecular weight excluding hydrogens is 194 g/mol. The van der Waals surface area contributed by atoms with Crippen molar-refractivity contribution in [2.75, 3.05) is 7.11 Å². The zero-order valence-corrected chi connectivity index (χ0v) is 8.57. The van der Waals surface area contributed by atoms with Crippen LogP contribution in [0.25, 0.3) is 0 Å². The van der Waals surface area contributed by atoms with Crippen molar-refractivity contribution in [2.45, 2.75) is 13.3 Å². The first-order valence-electron chi connectivity index (χ1n) is 4.38. The SMILES string of the molecule is COc1ccc(C#N)c(CC(=O)O)c1C. The molecule has 1 aromatic rings. The summed E-state index contributed by atoms with van der Waals surface area (Å²) in [5, 5.41) is 17.6. The lowest BCUT2D eigenvalue weighted by Gasteiger charge is -2.10. The molecular formula is C11H11NO3. The molecule has 4 nitrogen and oxygen atoms in total. The van der Waals surface area contributed by atoms with Crippen molar-refractivity contribution in [3.63, 3.8) is 0 Å². The second-order valence-corrected chi connectivity index (χ2v) is 3.10. The average molecular weight is 205 g/mol. The van der Waals surface area contributed by atoms with Gasteiger partial charge in [0.25, 0.3) is 0 Å². The van der Waals surface area contributed by atoms with E-state index in [0.29, 0.717) is 22.4 Å². The topological polar surface area (TPSA) is 70.3 Å². The summed E-state index contributed by atoms with van der Waals surface area (Å²) < 4.78 is 5.06. The third-order valence-corrected chi connectivity index (χ3v) is 2.22. The molecule has 0 amide bonds. The van der Waals surface area contributed by atoms with Crippen LogP contribution in [-0.4, -0.2) is 18.2 Å². The smallest absolute Gasteiger partial charge is 0.307 e. The van der Waals surface area contributed by atoms with Gasteiger partial charge < -0.3 is 9.84 Å². The first-order valence-corrected chi connectivity index (χ1v) is 4.38.